The number of rotatable bonds is 3. The largest absolute Gasteiger partial charge is 0.376 e. The molecule has 0 radical (unpaired) electrons. The highest BCUT2D eigenvalue weighted by atomic mass is 16.6. The van der Waals surface area contributed by atoms with Crippen molar-refractivity contribution in [3.8, 4) is 0 Å². The van der Waals surface area contributed by atoms with Crippen molar-refractivity contribution in [1.82, 2.24) is 4.90 Å². The second kappa shape index (κ2) is 5.83. The smallest absolute Gasteiger partial charge is 0.0821 e. The molecule has 1 aromatic carbocycles. The molecule has 1 unspecified atom stereocenters. The molecule has 1 aromatic rings. The van der Waals surface area contributed by atoms with Gasteiger partial charge >= 0.3 is 0 Å². The quantitative estimate of drug-likeness (QED) is 0.813. The van der Waals surface area contributed by atoms with Gasteiger partial charge in [-0.1, -0.05) is 24.3 Å². The van der Waals surface area contributed by atoms with Gasteiger partial charge in [0.25, 0.3) is 0 Å². The third-order valence-corrected chi connectivity index (χ3v) is 3.86. The number of hydrogen-bond donors (Lipinski definition) is 0. The van der Waals surface area contributed by atoms with E-state index in [1.807, 2.05) is 0 Å². The standard InChI is InChI=1S/C15H21NO2/c1-2-4-14-11-16(7-5-13(14)3-1)8-6-15-12-17-9-10-18-15/h1-4,15H,5-12H2. The van der Waals surface area contributed by atoms with Crippen LogP contribution in [0.15, 0.2) is 24.3 Å². The second-order valence-electron chi connectivity index (χ2n) is 5.15. The van der Waals surface area contributed by atoms with Gasteiger partial charge in [-0.25, -0.2) is 0 Å². The predicted molar refractivity (Wildman–Crippen MR) is 70.6 cm³/mol. The average molecular weight is 247 g/mol. The average Bonchev–Trinajstić information content (AvgIpc) is 2.46. The molecule has 3 nitrogen and oxygen atoms in total. The number of nitrogens with zero attached hydrogens (tertiary/aromatic N) is 1. The first-order valence-electron chi connectivity index (χ1n) is 6.90. The summed E-state index contributed by atoms with van der Waals surface area (Å²) in [6, 6.07) is 8.79. The van der Waals surface area contributed by atoms with E-state index in [-0.39, 0.29) is 0 Å². The molecule has 0 amide bonds. The SMILES string of the molecule is c1ccc2c(c1)CCN(CCC1COCCO1)C2. The predicted octanol–water partition coefficient (Wildman–Crippen LogP) is 1.85. The van der Waals surface area contributed by atoms with E-state index in [1.165, 1.54) is 24.1 Å². The first-order chi connectivity index (χ1) is 8.92. The molecule has 98 valence electrons. The van der Waals surface area contributed by atoms with Crippen molar-refractivity contribution < 1.29 is 9.47 Å². The van der Waals surface area contributed by atoms with Gasteiger partial charge in [-0.15, -0.1) is 0 Å². The zero-order valence-corrected chi connectivity index (χ0v) is 10.8. The van der Waals surface area contributed by atoms with E-state index in [0.717, 1.165) is 39.3 Å². The van der Waals surface area contributed by atoms with Crippen molar-refractivity contribution in [2.75, 3.05) is 32.9 Å². The lowest BCUT2D eigenvalue weighted by Gasteiger charge is -2.31. The van der Waals surface area contributed by atoms with Gasteiger partial charge in [0.2, 0.25) is 0 Å². The normalized spacial score (nSPS) is 24.8. The third kappa shape index (κ3) is 2.91. The number of benzene rings is 1. The minimum atomic E-state index is 0.302. The fourth-order valence-electron chi connectivity index (χ4n) is 2.77. The van der Waals surface area contributed by atoms with E-state index in [9.17, 15) is 0 Å². The molecule has 18 heavy (non-hydrogen) atoms. The Bertz CT molecular complexity index is 388. The maximum Gasteiger partial charge on any atom is 0.0821 e. The summed E-state index contributed by atoms with van der Waals surface area (Å²) in [5.41, 5.74) is 3.01. The van der Waals surface area contributed by atoms with E-state index >= 15 is 0 Å². The third-order valence-electron chi connectivity index (χ3n) is 3.86. The van der Waals surface area contributed by atoms with Crippen LogP contribution in [0.3, 0.4) is 0 Å². The maximum absolute atomic E-state index is 5.69. The van der Waals surface area contributed by atoms with Crippen LogP contribution < -0.4 is 0 Å². The first kappa shape index (κ1) is 12.2. The Labute approximate surface area is 109 Å². The zero-order valence-electron chi connectivity index (χ0n) is 10.8. The summed E-state index contributed by atoms with van der Waals surface area (Å²) >= 11 is 0. The number of fused-ring (bicyclic) bond motifs is 1. The lowest BCUT2D eigenvalue weighted by atomic mass is 10.00. The fourth-order valence-corrected chi connectivity index (χ4v) is 2.77. The van der Waals surface area contributed by atoms with Crippen molar-refractivity contribution >= 4 is 0 Å². The molecule has 0 N–H and O–H groups in total. The summed E-state index contributed by atoms with van der Waals surface area (Å²) in [5.74, 6) is 0. The van der Waals surface area contributed by atoms with E-state index in [1.54, 1.807) is 0 Å². The highest BCUT2D eigenvalue weighted by Crippen LogP contribution is 2.19. The van der Waals surface area contributed by atoms with Gasteiger partial charge in [-0.3, -0.25) is 4.90 Å². The van der Waals surface area contributed by atoms with Crippen LogP contribution in [0, 0.1) is 0 Å². The number of ether oxygens (including phenoxy) is 2. The Balaban J connectivity index is 1.50. The molecule has 2 heterocycles. The highest BCUT2D eigenvalue weighted by Gasteiger charge is 2.19. The summed E-state index contributed by atoms with van der Waals surface area (Å²) in [6.07, 6.45) is 2.57. The molecule has 3 rings (SSSR count). The maximum atomic E-state index is 5.69. The molecule has 1 saturated heterocycles. The Morgan fingerprint density at radius 1 is 1.17 bits per heavy atom. The van der Waals surface area contributed by atoms with Crippen LogP contribution in [-0.4, -0.2) is 43.9 Å². The summed E-state index contributed by atoms with van der Waals surface area (Å²) in [6.45, 7) is 5.65. The van der Waals surface area contributed by atoms with Crippen molar-refractivity contribution in [2.24, 2.45) is 0 Å². The highest BCUT2D eigenvalue weighted by molar-refractivity contribution is 5.28. The van der Waals surface area contributed by atoms with E-state index < -0.39 is 0 Å². The lowest BCUT2D eigenvalue weighted by molar-refractivity contribution is -0.0929. The van der Waals surface area contributed by atoms with E-state index in [0.29, 0.717) is 6.10 Å². The van der Waals surface area contributed by atoms with Gasteiger partial charge in [0, 0.05) is 19.6 Å². The van der Waals surface area contributed by atoms with Crippen molar-refractivity contribution in [3.05, 3.63) is 35.4 Å². The van der Waals surface area contributed by atoms with Gasteiger partial charge in [0.05, 0.1) is 25.9 Å². The summed E-state index contributed by atoms with van der Waals surface area (Å²) in [4.78, 5) is 2.53. The fraction of sp³-hybridized carbons (Fsp3) is 0.600. The molecule has 0 aromatic heterocycles. The second-order valence-corrected chi connectivity index (χ2v) is 5.15. The monoisotopic (exact) mass is 247 g/mol. The molecule has 2 aliphatic heterocycles. The van der Waals surface area contributed by atoms with Crippen LogP contribution in [-0.2, 0) is 22.4 Å². The van der Waals surface area contributed by atoms with E-state index in [2.05, 4.69) is 29.2 Å². The summed E-state index contributed by atoms with van der Waals surface area (Å²) in [5, 5.41) is 0. The zero-order chi connectivity index (χ0) is 12.2. The molecular formula is C15H21NO2. The molecule has 2 aliphatic rings. The minimum Gasteiger partial charge on any atom is -0.376 e. The van der Waals surface area contributed by atoms with Gasteiger partial charge in [0.15, 0.2) is 0 Å². The molecule has 1 fully saturated rings. The van der Waals surface area contributed by atoms with Crippen LogP contribution in [0.2, 0.25) is 0 Å². The molecule has 0 saturated carbocycles. The van der Waals surface area contributed by atoms with Crippen LogP contribution >= 0.6 is 0 Å². The summed E-state index contributed by atoms with van der Waals surface area (Å²) in [7, 11) is 0. The van der Waals surface area contributed by atoms with E-state index in [4.69, 9.17) is 9.47 Å². The minimum absolute atomic E-state index is 0.302. The van der Waals surface area contributed by atoms with Crippen LogP contribution in [0.1, 0.15) is 17.5 Å². The molecule has 0 aliphatic carbocycles. The van der Waals surface area contributed by atoms with Gasteiger partial charge in [0.1, 0.15) is 0 Å². The topological polar surface area (TPSA) is 21.7 Å². The molecule has 0 bridgehead atoms. The van der Waals surface area contributed by atoms with Crippen molar-refractivity contribution in [1.29, 1.82) is 0 Å². The molecular weight excluding hydrogens is 226 g/mol. The number of hydrogen-bond acceptors (Lipinski definition) is 3. The van der Waals surface area contributed by atoms with Crippen LogP contribution in [0.4, 0.5) is 0 Å². The molecule has 1 atom stereocenters. The van der Waals surface area contributed by atoms with Crippen molar-refractivity contribution in [3.63, 3.8) is 0 Å². The Hall–Kier alpha value is -0.900. The Morgan fingerprint density at radius 3 is 2.89 bits per heavy atom. The summed E-state index contributed by atoms with van der Waals surface area (Å²) < 4.78 is 11.1. The van der Waals surface area contributed by atoms with Crippen LogP contribution in [0.25, 0.3) is 0 Å². The van der Waals surface area contributed by atoms with Gasteiger partial charge < -0.3 is 9.47 Å². The molecule has 3 heteroatoms. The van der Waals surface area contributed by atoms with Crippen LogP contribution in [0.5, 0.6) is 0 Å². The lowest BCUT2D eigenvalue weighted by Crippen LogP contribution is -2.36. The van der Waals surface area contributed by atoms with Gasteiger partial charge in [-0.05, 0) is 24.0 Å². The van der Waals surface area contributed by atoms with Crippen molar-refractivity contribution in [2.45, 2.75) is 25.5 Å². The van der Waals surface area contributed by atoms with Gasteiger partial charge in [-0.2, -0.15) is 0 Å². The Kier molecular flexibility index (Phi) is 3.93. The Morgan fingerprint density at radius 2 is 2.06 bits per heavy atom. The first-order valence-corrected chi connectivity index (χ1v) is 6.90. The molecule has 0 spiro atoms.